The zero-order chi connectivity index (χ0) is 16.6. The van der Waals surface area contributed by atoms with Gasteiger partial charge in [0.2, 0.25) is 0 Å². The zero-order valence-corrected chi connectivity index (χ0v) is 13.1. The molecular weight excluding hydrogens is 317 g/mol. The number of carbonyl (C=O) groups is 2. The molecule has 2 heterocycles. The van der Waals surface area contributed by atoms with E-state index in [0.29, 0.717) is 5.69 Å². The largest absolute Gasteiger partial charge is 0.503 e. The van der Waals surface area contributed by atoms with Gasteiger partial charge in [-0.1, -0.05) is 13.0 Å². The molecule has 1 amide bonds. The van der Waals surface area contributed by atoms with Crippen LogP contribution in [0.25, 0.3) is 0 Å². The number of thiophene rings is 1. The molecule has 0 saturated carbocycles. The summed E-state index contributed by atoms with van der Waals surface area (Å²) in [6, 6.07) is 8.34. The number of hydrogen-bond donors (Lipinski definition) is 1. The maximum atomic E-state index is 13.2. The molecule has 1 atom stereocenters. The Morgan fingerprint density at radius 1 is 1.30 bits per heavy atom. The predicted octanol–water partition coefficient (Wildman–Crippen LogP) is 3.77. The van der Waals surface area contributed by atoms with E-state index in [-0.39, 0.29) is 17.8 Å². The van der Waals surface area contributed by atoms with Crippen molar-refractivity contribution in [3.8, 4) is 0 Å². The number of amides is 1. The smallest absolute Gasteiger partial charge is 0.294 e. The summed E-state index contributed by atoms with van der Waals surface area (Å²) in [6.45, 7) is 1.68. The number of rotatable bonds is 4. The summed E-state index contributed by atoms with van der Waals surface area (Å²) in [5, 5.41) is 12.1. The lowest BCUT2D eigenvalue weighted by molar-refractivity contribution is -0.118. The number of anilines is 1. The summed E-state index contributed by atoms with van der Waals surface area (Å²) in [6.07, 6.45) is 0.186. The Hall–Kier alpha value is -2.47. The van der Waals surface area contributed by atoms with Crippen molar-refractivity contribution in [1.82, 2.24) is 0 Å². The fraction of sp³-hybridized carbons (Fsp3) is 0.176. The Morgan fingerprint density at radius 2 is 2.00 bits per heavy atom. The summed E-state index contributed by atoms with van der Waals surface area (Å²) < 4.78 is 13.2. The van der Waals surface area contributed by atoms with Crippen LogP contribution in [0.15, 0.2) is 53.1 Å². The monoisotopic (exact) mass is 331 g/mol. The number of carbonyl (C=O) groups excluding carboxylic acids is 2. The van der Waals surface area contributed by atoms with Crippen LogP contribution in [0.3, 0.4) is 0 Å². The highest BCUT2D eigenvalue weighted by Crippen LogP contribution is 2.42. The second kappa shape index (κ2) is 5.96. The minimum absolute atomic E-state index is 0.101. The van der Waals surface area contributed by atoms with Crippen LogP contribution in [0.5, 0.6) is 0 Å². The normalized spacial score (nSPS) is 17.9. The standard InChI is InChI=1S/C17H14FNO3S/c1-2-12(20)14-15(13-4-3-9-23-13)19(17(22)16(14)21)11-7-5-10(18)6-8-11/h3-9,15,21H,2H2,1H3. The van der Waals surface area contributed by atoms with Gasteiger partial charge in [0.25, 0.3) is 5.91 Å². The lowest BCUT2D eigenvalue weighted by atomic mass is 10.0. The van der Waals surface area contributed by atoms with Gasteiger partial charge in [0.05, 0.1) is 5.57 Å². The van der Waals surface area contributed by atoms with Crippen LogP contribution < -0.4 is 4.90 Å². The van der Waals surface area contributed by atoms with Crippen molar-refractivity contribution >= 4 is 28.7 Å². The Labute approximate surface area is 136 Å². The van der Waals surface area contributed by atoms with Crippen molar-refractivity contribution < 1.29 is 19.1 Å². The highest BCUT2D eigenvalue weighted by Gasteiger charge is 2.44. The molecular formula is C17H14FNO3S. The van der Waals surface area contributed by atoms with Gasteiger partial charge >= 0.3 is 0 Å². The molecule has 0 fully saturated rings. The molecule has 2 aromatic rings. The van der Waals surface area contributed by atoms with Crippen LogP contribution in [0, 0.1) is 5.82 Å². The lowest BCUT2D eigenvalue weighted by Gasteiger charge is -2.25. The van der Waals surface area contributed by atoms with E-state index in [1.54, 1.807) is 13.0 Å². The van der Waals surface area contributed by atoms with Gasteiger partial charge in [-0.2, -0.15) is 0 Å². The first-order chi connectivity index (χ1) is 11.0. The van der Waals surface area contributed by atoms with E-state index in [1.165, 1.54) is 40.5 Å². The van der Waals surface area contributed by atoms with Gasteiger partial charge in [-0.3, -0.25) is 14.5 Å². The third-order valence-electron chi connectivity index (χ3n) is 3.75. The van der Waals surface area contributed by atoms with E-state index in [4.69, 9.17) is 0 Å². The molecule has 1 N–H and O–H groups in total. The fourth-order valence-electron chi connectivity index (χ4n) is 2.66. The number of benzene rings is 1. The number of hydrogen-bond acceptors (Lipinski definition) is 4. The Bertz CT molecular complexity index is 781. The highest BCUT2D eigenvalue weighted by atomic mass is 32.1. The Morgan fingerprint density at radius 3 is 2.57 bits per heavy atom. The van der Waals surface area contributed by atoms with Gasteiger partial charge in [0, 0.05) is 17.0 Å². The van der Waals surface area contributed by atoms with E-state index >= 15 is 0 Å². The van der Waals surface area contributed by atoms with E-state index in [2.05, 4.69) is 0 Å². The second-order valence-electron chi connectivity index (χ2n) is 5.11. The van der Waals surface area contributed by atoms with Crippen LogP contribution in [-0.4, -0.2) is 16.8 Å². The number of nitrogens with zero attached hydrogens (tertiary/aromatic N) is 1. The van der Waals surface area contributed by atoms with Gasteiger partial charge in [0.1, 0.15) is 11.9 Å². The van der Waals surface area contributed by atoms with Crippen molar-refractivity contribution in [3.05, 3.63) is 63.8 Å². The van der Waals surface area contributed by atoms with Crippen LogP contribution >= 0.6 is 11.3 Å². The molecule has 0 aliphatic carbocycles. The van der Waals surface area contributed by atoms with Gasteiger partial charge in [-0.05, 0) is 35.7 Å². The summed E-state index contributed by atoms with van der Waals surface area (Å²) in [4.78, 5) is 26.9. The molecule has 0 spiro atoms. The molecule has 1 unspecified atom stereocenters. The van der Waals surface area contributed by atoms with E-state index < -0.39 is 23.5 Å². The first-order valence-corrected chi connectivity index (χ1v) is 8.01. The highest BCUT2D eigenvalue weighted by molar-refractivity contribution is 7.10. The molecule has 6 heteroatoms. The molecule has 1 aliphatic heterocycles. The van der Waals surface area contributed by atoms with E-state index in [0.717, 1.165) is 4.88 Å². The minimum Gasteiger partial charge on any atom is -0.503 e. The molecule has 1 aliphatic rings. The number of Topliss-reactive ketones (excluding diaryl/α,β-unsaturated/α-hetero) is 1. The lowest BCUT2D eigenvalue weighted by Crippen LogP contribution is -2.30. The van der Waals surface area contributed by atoms with Crippen molar-refractivity contribution in [2.45, 2.75) is 19.4 Å². The summed E-state index contributed by atoms with van der Waals surface area (Å²) >= 11 is 1.39. The van der Waals surface area contributed by atoms with Crippen LogP contribution in [0.1, 0.15) is 24.3 Å². The Kier molecular flexibility index (Phi) is 4.00. The minimum atomic E-state index is -0.680. The predicted molar refractivity (Wildman–Crippen MR) is 85.9 cm³/mol. The maximum Gasteiger partial charge on any atom is 0.294 e. The fourth-order valence-corrected chi connectivity index (χ4v) is 3.49. The average Bonchev–Trinajstić information content (AvgIpc) is 3.16. The average molecular weight is 331 g/mol. The molecule has 1 aromatic carbocycles. The first kappa shape index (κ1) is 15.4. The van der Waals surface area contributed by atoms with Crippen molar-refractivity contribution in [2.75, 3.05) is 4.90 Å². The molecule has 0 radical (unpaired) electrons. The maximum absolute atomic E-state index is 13.2. The third kappa shape index (κ3) is 2.55. The molecule has 0 bridgehead atoms. The molecule has 23 heavy (non-hydrogen) atoms. The van der Waals surface area contributed by atoms with Crippen molar-refractivity contribution in [2.24, 2.45) is 0 Å². The molecule has 118 valence electrons. The number of halogens is 1. The van der Waals surface area contributed by atoms with Crippen molar-refractivity contribution in [3.63, 3.8) is 0 Å². The van der Waals surface area contributed by atoms with E-state index in [9.17, 15) is 19.1 Å². The topological polar surface area (TPSA) is 57.6 Å². The summed E-state index contributed by atoms with van der Waals surface area (Å²) in [7, 11) is 0. The third-order valence-corrected chi connectivity index (χ3v) is 4.67. The number of aliphatic hydroxyl groups is 1. The van der Waals surface area contributed by atoms with Gasteiger partial charge in [0.15, 0.2) is 11.5 Å². The number of aliphatic hydroxyl groups excluding tert-OH is 1. The van der Waals surface area contributed by atoms with Crippen LogP contribution in [-0.2, 0) is 9.59 Å². The second-order valence-corrected chi connectivity index (χ2v) is 6.09. The van der Waals surface area contributed by atoms with Crippen molar-refractivity contribution in [1.29, 1.82) is 0 Å². The first-order valence-electron chi connectivity index (χ1n) is 7.13. The SMILES string of the molecule is CCC(=O)C1=C(O)C(=O)N(c2ccc(F)cc2)C1c1cccs1. The van der Waals surface area contributed by atoms with E-state index in [1.807, 2.05) is 11.4 Å². The number of ketones is 1. The van der Waals surface area contributed by atoms with Gasteiger partial charge < -0.3 is 5.11 Å². The Balaban J connectivity index is 2.14. The summed E-state index contributed by atoms with van der Waals surface area (Å²) in [5.74, 6) is -1.87. The molecule has 3 rings (SSSR count). The van der Waals surface area contributed by atoms with Crippen LogP contribution in [0.4, 0.5) is 10.1 Å². The zero-order valence-electron chi connectivity index (χ0n) is 12.3. The molecule has 1 aromatic heterocycles. The molecule has 4 nitrogen and oxygen atoms in total. The van der Waals surface area contributed by atoms with Crippen LogP contribution in [0.2, 0.25) is 0 Å². The summed E-state index contributed by atoms with van der Waals surface area (Å²) in [5.41, 5.74) is 0.532. The van der Waals surface area contributed by atoms with Gasteiger partial charge in [-0.25, -0.2) is 4.39 Å². The molecule has 0 saturated heterocycles. The van der Waals surface area contributed by atoms with Gasteiger partial charge in [-0.15, -0.1) is 11.3 Å². The quantitative estimate of drug-likeness (QED) is 0.928.